The van der Waals surface area contributed by atoms with E-state index in [1.807, 2.05) is 24.3 Å². The fraction of sp³-hybridized carbons (Fsp3) is 0.500. The fourth-order valence-electron chi connectivity index (χ4n) is 1.47. The molecule has 0 saturated heterocycles. The van der Waals surface area contributed by atoms with Crippen molar-refractivity contribution in [1.29, 1.82) is 0 Å². The lowest BCUT2D eigenvalue weighted by molar-refractivity contribution is -0.139. The maximum Gasteiger partial charge on any atom is 0.341 e. The van der Waals surface area contributed by atoms with Crippen LogP contribution in [0.15, 0.2) is 24.3 Å². The van der Waals surface area contributed by atoms with Crippen molar-refractivity contribution in [2.24, 2.45) is 11.8 Å². The number of ether oxygens (including phenoxy) is 1. The van der Waals surface area contributed by atoms with E-state index in [0.29, 0.717) is 17.6 Å². The predicted octanol–water partition coefficient (Wildman–Crippen LogP) is 2.98. The molecule has 1 N–H and O–H groups in total. The standard InChI is InChI=1S/C14H20O3/c1-10(2)11(3)8-12-4-6-13(7-5-12)17-9-14(15)16/h4-7,10-11H,8-9H2,1-3H3,(H,15,16)/t11-/m0/s1. The Balaban J connectivity index is 2.53. The molecule has 0 amide bonds. The molecule has 3 nitrogen and oxygen atoms in total. The lowest BCUT2D eigenvalue weighted by Gasteiger charge is -2.15. The van der Waals surface area contributed by atoms with Crippen LogP contribution in [0, 0.1) is 11.8 Å². The summed E-state index contributed by atoms with van der Waals surface area (Å²) < 4.78 is 5.08. The van der Waals surface area contributed by atoms with Crippen LogP contribution in [-0.4, -0.2) is 17.7 Å². The van der Waals surface area contributed by atoms with Gasteiger partial charge in [0.05, 0.1) is 0 Å². The zero-order chi connectivity index (χ0) is 12.8. The number of hydrogen-bond donors (Lipinski definition) is 1. The van der Waals surface area contributed by atoms with Gasteiger partial charge in [-0.1, -0.05) is 32.9 Å². The highest BCUT2D eigenvalue weighted by Gasteiger charge is 2.08. The molecule has 1 aromatic carbocycles. The molecule has 0 heterocycles. The van der Waals surface area contributed by atoms with Gasteiger partial charge in [0.2, 0.25) is 0 Å². The van der Waals surface area contributed by atoms with E-state index >= 15 is 0 Å². The normalized spacial score (nSPS) is 12.5. The average molecular weight is 236 g/mol. The molecule has 1 rings (SSSR count). The van der Waals surface area contributed by atoms with E-state index in [1.54, 1.807) is 0 Å². The molecule has 0 aromatic heterocycles. The van der Waals surface area contributed by atoms with Crippen LogP contribution in [0.4, 0.5) is 0 Å². The van der Waals surface area contributed by atoms with Crippen LogP contribution in [0.1, 0.15) is 26.3 Å². The molecule has 3 heteroatoms. The number of carbonyl (C=O) groups is 1. The second-order valence-electron chi connectivity index (χ2n) is 4.75. The Labute approximate surface area is 102 Å². The van der Waals surface area contributed by atoms with Gasteiger partial charge in [-0.05, 0) is 36.0 Å². The second kappa shape index (κ2) is 6.28. The average Bonchev–Trinajstić information content (AvgIpc) is 2.28. The Bertz CT molecular complexity index is 354. The monoisotopic (exact) mass is 236 g/mol. The van der Waals surface area contributed by atoms with E-state index < -0.39 is 5.97 Å². The van der Waals surface area contributed by atoms with Gasteiger partial charge in [0.25, 0.3) is 0 Å². The van der Waals surface area contributed by atoms with E-state index in [9.17, 15) is 4.79 Å². The van der Waals surface area contributed by atoms with Crippen molar-refractivity contribution in [3.8, 4) is 5.75 Å². The summed E-state index contributed by atoms with van der Waals surface area (Å²) in [5.74, 6) is 0.953. The topological polar surface area (TPSA) is 46.5 Å². The molecule has 94 valence electrons. The molecular formula is C14H20O3. The minimum atomic E-state index is -0.956. The molecule has 17 heavy (non-hydrogen) atoms. The molecule has 0 spiro atoms. The van der Waals surface area contributed by atoms with Crippen LogP contribution in [0.25, 0.3) is 0 Å². The molecule has 1 aromatic rings. The van der Waals surface area contributed by atoms with Gasteiger partial charge in [-0.2, -0.15) is 0 Å². The first-order valence-corrected chi connectivity index (χ1v) is 5.92. The first-order valence-electron chi connectivity index (χ1n) is 5.92. The van der Waals surface area contributed by atoms with Gasteiger partial charge in [0.15, 0.2) is 6.61 Å². The number of carboxylic acid groups (broad SMARTS) is 1. The van der Waals surface area contributed by atoms with E-state index in [-0.39, 0.29) is 6.61 Å². The van der Waals surface area contributed by atoms with Crippen LogP contribution in [0.2, 0.25) is 0 Å². The van der Waals surface area contributed by atoms with E-state index in [1.165, 1.54) is 5.56 Å². The summed E-state index contributed by atoms with van der Waals surface area (Å²) >= 11 is 0. The maximum atomic E-state index is 10.3. The van der Waals surface area contributed by atoms with Crippen LogP contribution < -0.4 is 4.74 Å². The van der Waals surface area contributed by atoms with Gasteiger partial charge in [0.1, 0.15) is 5.75 Å². The van der Waals surface area contributed by atoms with Crippen LogP contribution in [0.3, 0.4) is 0 Å². The molecule has 0 bridgehead atoms. The van der Waals surface area contributed by atoms with Crippen molar-refractivity contribution in [1.82, 2.24) is 0 Å². The molecule has 0 aliphatic carbocycles. The Morgan fingerprint density at radius 3 is 2.29 bits per heavy atom. The summed E-state index contributed by atoms with van der Waals surface area (Å²) in [7, 11) is 0. The van der Waals surface area contributed by atoms with Crippen molar-refractivity contribution in [2.45, 2.75) is 27.2 Å². The molecule has 0 saturated carbocycles. The van der Waals surface area contributed by atoms with Gasteiger partial charge in [-0.15, -0.1) is 0 Å². The quantitative estimate of drug-likeness (QED) is 0.826. The zero-order valence-corrected chi connectivity index (χ0v) is 10.6. The van der Waals surface area contributed by atoms with E-state index in [2.05, 4.69) is 20.8 Å². The first-order chi connectivity index (χ1) is 7.99. The third-order valence-corrected chi connectivity index (χ3v) is 2.98. The molecule has 0 aliphatic heterocycles. The summed E-state index contributed by atoms with van der Waals surface area (Å²) in [5.41, 5.74) is 1.26. The van der Waals surface area contributed by atoms with Crippen molar-refractivity contribution in [3.63, 3.8) is 0 Å². The summed E-state index contributed by atoms with van der Waals surface area (Å²) in [6.07, 6.45) is 1.04. The molecule has 0 radical (unpaired) electrons. The minimum absolute atomic E-state index is 0.290. The molecular weight excluding hydrogens is 216 g/mol. The number of rotatable bonds is 6. The highest BCUT2D eigenvalue weighted by molar-refractivity contribution is 5.68. The van der Waals surface area contributed by atoms with Crippen LogP contribution in [0.5, 0.6) is 5.75 Å². The lowest BCUT2D eigenvalue weighted by Crippen LogP contribution is -2.09. The molecule has 0 aliphatic rings. The fourth-order valence-corrected chi connectivity index (χ4v) is 1.47. The maximum absolute atomic E-state index is 10.3. The summed E-state index contributed by atoms with van der Waals surface area (Å²) in [6.45, 7) is 6.38. The lowest BCUT2D eigenvalue weighted by atomic mass is 9.91. The molecule has 0 unspecified atom stereocenters. The van der Waals surface area contributed by atoms with Gasteiger partial charge < -0.3 is 9.84 Å². The Morgan fingerprint density at radius 1 is 1.24 bits per heavy atom. The minimum Gasteiger partial charge on any atom is -0.482 e. The number of hydrogen-bond acceptors (Lipinski definition) is 2. The van der Waals surface area contributed by atoms with Gasteiger partial charge in [0, 0.05) is 0 Å². The van der Waals surface area contributed by atoms with Crippen molar-refractivity contribution in [2.75, 3.05) is 6.61 Å². The smallest absolute Gasteiger partial charge is 0.341 e. The van der Waals surface area contributed by atoms with Gasteiger partial charge in [-0.25, -0.2) is 4.79 Å². The molecule has 0 fully saturated rings. The number of aliphatic carboxylic acids is 1. The second-order valence-corrected chi connectivity index (χ2v) is 4.75. The van der Waals surface area contributed by atoms with Crippen molar-refractivity contribution in [3.05, 3.63) is 29.8 Å². The third-order valence-electron chi connectivity index (χ3n) is 2.98. The van der Waals surface area contributed by atoms with Crippen molar-refractivity contribution >= 4 is 5.97 Å². The van der Waals surface area contributed by atoms with Crippen LogP contribution in [-0.2, 0) is 11.2 Å². The third kappa shape index (κ3) is 4.89. The van der Waals surface area contributed by atoms with Gasteiger partial charge >= 0.3 is 5.97 Å². The summed E-state index contributed by atoms with van der Waals surface area (Å²) in [6, 6.07) is 7.64. The SMILES string of the molecule is CC(C)[C@@H](C)Cc1ccc(OCC(=O)O)cc1. The number of carboxylic acids is 1. The highest BCUT2D eigenvalue weighted by atomic mass is 16.5. The largest absolute Gasteiger partial charge is 0.482 e. The summed E-state index contributed by atoms with van der Waals surface area (Å²) in [5, 5.41) is 8.48. The molecule has 1 atom stereocenters. The summed E-state index contributed by atoms with van der Waals surface area (Å²) in [4.78, 5) is 10.3. The number of benzene rings is 1. The van der Waals surface area contributed by atoms with Crippen LogP contribution >= 0.6 is 0 Å². The Hall–Kier alpha value is -1.51. The van der Waals surface area contributed by atoms with Gasteiger partial charge in [-0.3, -0.25) is 0 Å². The zero-order valence-electron chi connectivity index (χ0n) is 10.6. The Morgan fingerprint density at radius 2 is 1.82 bits per heavy atom. The predicted molar refractivity (Wildman–Crippen MR) is 67.3 cm³/mol. The first kappa shape index (κ1) is 13.6. The Kier molecular flexibility index (Phi) is 5.01. The highest BCUT2D eigenvalue weighted by Crippen LogP contribution is 2.19. The van der Waals surface area contributed by atoms with E-state index in [0.717, 1.165) is 6.42 Å². The van der Waals surface area contributed by atoms with E-state index in [4.69, 9.17) is 9.84 Å². The van der Waals surface area contributed by atoms with Crippen molar-refractivity contribution < 1.29 is 14.6 Å².